The summed E-state index contributed by atoms with van der Waals surface area (Å²) in [7, 11) is 0. The molecule has 2 rings (SSSR count). The van der Waals surface area contributed by atoms with Crippen LogP contribution in [0.25, 0.3) is 0 Å². The number of aromatic nitrogens is 1. The molecule has 0 radical (unpaired) electrons. The van der Waals surface area contributed by atoms with Crippen molar-refractivity contribution in [3.8, 4) is 0 Å². The van der Waals surface area contributed by atoms with Crippen LogP contribution < -0.4 is 5.32 Å². The highest BCUT2D eigenvalue weighted by molar-refractivity contribution is 5.18. The molecule has 0 unspecified atom stereocenters. The molecule has 3 heteroatoms. The Kier molecular flexibility index (Phi) is 3.56. The lowest BCUT2D eigenvalue weighted by Crippen LogP contribution is -2.45. The lowest BCUT2D eigenvalue weighted by molar-refractivity contribution is 0.163. The Labute approximate surface area is 96.9 Å². The molecule has 1 aromatic heterocycles. The van der Waals surface area contributed by atoms with E-state index in [1.54, 1.807) is 0 Å². The van der Waals surface area contributed by atoms with Crippen LogP contribution in [0.5, 0.6) is 0 Å². The second-order valence-electron chi connectivity index (χ2n) is 4.75. The van der Waals surface area contributed by atoms with Gasteiger partial charge in [-0.25, -0.2) is 0 Å². The summed E-state index contributed by atoms with van der Waals surface area (Å²) in [5.74, 6) is 0. The average Bonchev–Trinajstić information content (AvgIpc) is 2.78. The van der Waals surface area contributed by atoms with Crippen LogP contribution in [0.15, 0.2) is 18.3 Å². The van der Waals surface area contributed by atoms with Gasteiger partial charge in [0, 0.05) is 24.0 Å². The third kappa shape index (κ3) is 2.42. The molecular weight excluding hydrogens is 200 g/mol. The third-order valence-electron chi connectivity index (χ3n) is 3.63. The van der Waals surface area contributed by atoms with Crippen LogP contribution in [0, 0.1) is 6.92 Å². The number of pyridine rings is 1. The maximum absolute atomic E-state index is 9.49. The lowest BCUT2D eigenvalue weighted by Gasteiger charge is -2.28. The zero-order valence-corrected chi connectivity index (χ0v) is 9.87. The molecule has 1 aliphatic rings. The van der Waals surface area contributed by atoms with Gasteiger partial charge in [-0.15, -0.1) is 0 Å². The van der Waals surface area contributed by atoms with E-state index in [4.69, 9.17) is 0 Å². The Balaban J connectivity index is 1.98. The van der Waals surface area contributed by atoms with E-state index in [1.165, 1.54) is 18.4 Å². The predicted octanol–water partition coefficient (Wildman–Crippen LogP) is 1.78. The Bertz CT molecular complexity index is 346. The molecule has 16 heavy (non-hydrogen) atoms. The van der Waals surface area contributed by atoms with Gasteiger partial charge >= 0.3 is 0 Å². The maximum Gasteiger partial charge on any atom is 0.0613 e. The minimum Gasteiger partial charge on any atom is -0.394 e. The molecule has 0 amide bonds. The van der Waals surface area contributed by atoms with Crippen molar-refractivity contribution in [3.63, 3.8) is 0 Å². The number of hydrogen-bond acceptors (Lipinski definition) is 3. The van der Waals surface area contributed by atoms with E-state index in [9.17, 15) is 5.11 Å². The van der Waals surface area contributed by atoms with E-state index in [1.807, 2.05) is 19.2 Å². The van der Waals surface area contributed by atoms with Crippen molar-refractivity contribution in [2.24, 2.45) is 0 Å². The molecule has 88 valence electrons. The molecule has 0 aliphatic heterocycles. The number of nitrogens with zero attached hydrogens (tertiary/aromatic N) is 1. The van der Waals surface area contributed by atoms with E-state index < -0.39 is 0 Å². The normalized spacial score (nSPS) is 18.9. The highest BCUT2D eigenvalue weighted by Crippen LogP contribution is 2.29. The smallest absolute Gasteiger partial charge is 0.0613 e. The van der Waals surface area contributed by atoms with Crippen LogP contribution in [-0.4, -0.2) is 22.2 Å². The summed E-state index contributed by atoms with van der Waals surface area (Å²) in [4.78, 5) is 4.27. The van der Waals surface area contributed by atoms with E-state index in [2.05, 4.69) is 16.4 Å². The number of aliphatic hydroxyl groups excluding tert-OH is 1. The number of aliphatic hydroxyl groups is 1. The lowest BCUT2D eigenvalue weighted by atomic mass is 9.98. The second kappa shape index (κ2) is 4.93. The first-order valence-corrected chi connectivity index (χ1v) is 6.02. The number of hydrogen-bond donors (Lipinski definition) is 2. The molecule has 0 spiro atoms. The molecule has 1 fully saturated rings. The summed E-state index contributed by atoms with van der Waals surface area (Å²) in [5, 5.41) is 13.0. The summed E-state index contributed by atoms with van der Waals surface area (Å²) < 4.78 is 0. The summed E-state index contributed by atoms with van der Waals surface area (Å²) in [6, 6.07) is 4.06. The highest BCUT2D eigenvalue weighted by Gasteiger charge is 2.32. The maximum atomic E-state index is 9.49. The minimum atomic E-state index is -0.0394. The van der Waals surface area contributed by atoms with Crippen molar-refractivity contribution in [3.05, 3.63) is 29.6 Å². The number of aryl methyl sites for hydroxylation is 1. The van der Waals surface area contributed by atoms with Crippen molar-refractivity contribution in [1.29, 1.82) is 0 Å². The molecule has 1 aromatic rings. The van der Waals surface area contributed by atoms with Crippen LogP contribution >= 0.6 is 0 Å². The minimum absolute atomic E-state index is 0.0394. The molecule has 3 nitrogen and oxygen atoms in total. The van der Waals surface area contributed by atoms with Crippen molar-refractivity contribution in [1.82, 2.24) is 10.3 Å². The van der Waals surface area contributed by atoms with Gasteiger partial charge in [0.05, 0.1) is 6.61 Å². The quantitative estimate of drug-likeness (QED) is 0.813. The fourth-order valence-electron chi connectivity index (χ4n) is 2.43. The van der Waals surface area contributed by atoms with Crippen molar-refractivity contribution >= 4 is 0 Å². The molecule has 0 bridgehead atoms. The van der Waals surface area contributed by atoms with Gasteiger partial charge in [-0.3, -0.25) is 4.98 Å². The van der Waals surface area contributed by atoms with Crippen LogP contribution in [-0.2, 0) is 6.54 Å². The highest BCUT2D eigenvalue weighted by atomic mass is 16.3. The van der Waals surface area contributed by atoms with Gasteiger partial charge in [-0.1, -0.05) is 18.9 Å². The van der Waals surface area contributed by atoms with Crippen molar-refractivity contribution in [2.45, 2.75) is 44.7 Å². The molecule has 1 saturated carbocycles. The van der Waals surface area contributed by atoms with Crippen LogP contribution in [0.3, 0.4) is 0 Å². The van der Waals surface area contributed by atoms with Gasteiger partial charge < -0.3 is 10.4 Å². The summed E-state index contributed by atoms with van der Waals surface area (Å²) >= 11 is 0. The topological polar surface area (TPSA) is 45.2 Å². The molecule has 0 saturated heterocycles. The van der Waals surface area contributed by atoms with E-state index in [0.717, 1.165) is 25.1 Å². The zero-order valence-electron chi connectivity index (χ0n) is 9.87. The summed E-state index contributed by atoms with van der Waals surface area (Å²) in [6.45, 7) is 3.07. The van der Waals surface area contributed by atoms with E-state index in [0.29, 0.717) is 0 Å². The third-order valence-corrected chi connectivity index (χ3v) is 3.63. The largest absolute Gasteiger partial charge is 0.394 e. The molecule has 1 aliphatic carbocycles. The SMILES string of the molecule is Cc1ncccc1CNC1(CO)CCCC1. The van der Waals surface area contributed by atoms with E-state index >= 15 is 0 Å². The first kappa shape index (κ1) is 11.6. The molecule has 0 aromatic carbocycles. The Morgan fingerprint density at radius 3 is 2.81 bits per heavy atom. The van der Waals surface area contributed by atoms with Gasteiger partial charge in [0.25, 0.3) is 0 Å². The first-order chi connectivity index (χ1) is 7.76. The average molecular weight is 220 g/mol. The number of nitrogens with one attached hydrogen (secondary N) is 1. The molecule has 2 N–H and O–H groups in total. The zero-order chi connectivity index (χ0) is 11.4. The fraction of sp³-hybridized carbons (Fsp3) is 0.615. The standard InChI is InChI=1S/C13H20N2O/c1-11-12(5-4-8-14-11)9-15-13(10-16)6-2-3-7-13/h4-5,8,15-16H,2-3,6-7,9-10H2,1H3. The van der Waals surface area contributed by atoms with Crippen molar-refractivity contribution in [2.75, 3.05) is 6.61 Å². The van der Waals surface area contributed by atoms with Gasteiger partial charge in [-0.05, 0) is 31.4 Å². The molecule has 1 heterocycles. The monoisotopic (exact) mass is 220 g/mol. The van der Waals surface area contributed by atoms with Crippen LogP contribution in [0.4, 0.5) is 0 Å². The van der Waals surface area contributed by atoms with Gasteiger partial charge in [0.15, 0.2) is 0 Å². The predicted molar refractivity (Wildman–Crippen MR) is 64.1 cm³/mol. The first-order valence-electron chi connectivity index (χ1n) is 6.02. The number of rotatable bonds is 4. The van der Waals surface area contributed by atoms with E-state index in [-0.39, 0.29) is 12.1 Å². The van der Waals surface area contributed by atoms with Crippen LogP contribution in [0.2, 0.25) is 0 Å². The second-order valence-corrected chi connectivity index (χ2v) is 4.75. The fourth-order valence-corrected chi connectivity index (χ4v) is 2.43. The molecule has 0 atom stereocenters. The summed E-state index contributed by atoms with van der Waals surface area (Å²) in [5.41, 5.74) is 2.26. The Hall–Kier alpha value is -0.930. The Morgan fingerprint density at radius 2 is 2.19 bits per heavy atom. The Morgan fingerprint density at radius 1 is 1.44 bits per heavy atom. The molecular formula is C13H20N2O. The van der Waals surface area contributed by atoms with Gasteiger partial charge in [0.1, 0.15) is 0 Å². The summed E-state index contributed by atoms with van der Waals surface area (Å²) in [6.07, 6.45) is 6.43. The van der Waals surface area contributed by atoms with Crippen LogP contribution in [0.1, 0.15) is 36.9 Å². The van der Waals surface area contributed by atoms with Gasteiger partial charge in [0.2, 0.25) is 0 Å². The van der Waals surface area contributed by atoms with Gasteiger partial charge in [-0.2, -0.15) is 0 Å². The van der Waals surface area contributed by atoms with Crippen molar-refractivity contribution < 1.29 is 5.11 Å².